The summed E-state index contributed by atoms with van der Waals surface area (Å²) in [5.74, 6) is 1.55. The van der Waals surface area contributed by atoms with Crippen LogP contribution in [0.1, 0.15) is 49.7 Å². The van der Waals surface area contributed by atoms with Gasteiger partial charge in [-0.15, -0.1) is 0 Å². The first kappa shape index (κ1) is 19.5. The van der Waals surface area contributed by atoms with Crippen LogP contribution in [0, 0.1) is 6.92 Å². The third-order valence-electron chi connectivity index (χ3n) is 5.84. The van der Waals surface area contributed by atoms with Crippen LogP contribution in [-0.2, 0) is 4.79 Å². The molecule has 1 aromatic carbocycles. The quantitative estimate of drug-likeness (QED) is 0.825. The van der Waals surface area contributed by atoms with Crippen molar-refractivity contribution in [2.45, 2.75) is 51.0 Å². The summed E-state index contributed by atoms with van der Waals surface area (Å²) in [6.07, 6.45) is 3.43. The van der Waals surface area contributed by atoms with Gasteiger partial charge >= 0.3 is 0 Å². The standard InChI is InChI=1S/C20H30ClN3O2/c1-14-10-16(18(26-3)11-17(14)21)15-5-8-24(9-6-15)19(25)4-7-20(2)12-22-13-23-20/h10-11,15,22-23H,4-9,12-13H2,1-3H3/t20-/m1/s1. The van der Waals surface area contributed by atoms with E-state index in [4.69, 9.17) is 16.3 Å². The number of hydrogen-bond acceptors (Lipinski definition) is 4. The van der Waals surface area contributed by atoms with Gasteiger partial charge in [-0.1, -0.05) is 17.7 Å². The zero-order valence-electron chi connectivity index (χ0n) is 16.0. The number of benzene rings is 1. The van der Waals surface area contributed by atoms with Crippen molar-refractivity contribution in [3.8, 4) is 5.75 Å². The number of rotatable bonds is 5. The van der Waals surface area contributed by atoms with Crippen LogP contribution in [0.5, 0.6) is 5.75 Å². The highest BCUT2D eigenvalue weighted by molar-refractivity contribution is 6.31. The first-order chi connectivity index (χ1) is 12.4. The minimum Gasteiger partial charge on any atom is -0.496 e. The summed E-state index contributed by atoms with van der Waals surface area (Å²) in [6.45, 7) is 7.60. The molecule has 0 aromatic heterocycles. The van der Waals surface area contributed by atoms with Gasteiger partial charge in [0.15, 0.2) is 0 Å². The molecule has 2 saturated heterocycles. The first-order valence-corrected chi connectivity index (χ1v) is 9.87. The molecule has 1 atom stereocenters. The number of likely N-dealkylation sites (tertiary alicyclic amines) is 1. The molecule has 0 saturated carbocycles. The predicted molar refractivity (Wildman–Crippen MR) is 105 cm³/mol. The predicted octanol–water partition coefficient (Wildman–Crippen LogP) is 3.05. The highest BCUT2D eigenvalue weighted by atomic mass is 35.5. The molecule has 0 aliphatic carbocycles. The SMILES string of the molecule is COc1cc(Cl)c(C)cc1C1CCN(C(=O)CC[C@]2(C)CNCN2)CC1. The van der Waals surface area contributed by atoms with Crippen LogP contribution in [-0.4, -0.2) is 49.8 Å². The van der Waals surface area contributed by atoms with Crippen LogP contribution in [0.4, 0.5) is 0 Å². The van der Waals surface area contributed by atoms with E-state index in [9.17, 15) is 4.79 Å². The van der Waals surface area contributed by atoms with Crippen molar-refractivity contribution >= 4 is 17.5 Å². The number of hydrogen-bond donors (Lipinski definition) is 2. The maximum absolute atomic E-state index is 12.6. The second-order valence-corrected chi connectivity index (χ2v) is 8.25. The fourth-order valence-corrected chi connectivity index (χ4v) is 4.17. The molecule has 5 nitrogen and oxygen atoms in total. The number of nitrogens with zero attached hydrogens (tertiary/aromatic N) is 1. The van der Waals surface area contributed by atoms with Crippen LogP contribution in [0.25, 0.3) is 0 Å². The van der Waals surface area contributed by atoms with Crippen molar-refractivity contribution in [2.24, 2.45) is 0 Å². The van der Waals surface area contributed by atoms with Gasteiger partial charge in [0.05, 0.1) is 7.11 Å². The van der Waals surface area contributed by atoms with Crippen molar-refractivity contribution in [3.05, 3.63) is 28.3 Å². The van der Waals surface area contributed by atoms with Crippen LogP contribution in [0.15, 0.2) is 12.1 Å². The number of methoxy groups -OCH3 is 1. The average molecular weight is 380 g/mol. The van der Waals surface area contributed by atoms with Crippen molar-refractivity contribution < 1.29 is 9.53 Å². The molecule has 2 aliphatic rings. The van der Waals surface area contributed by atoms with Gasteiger partial charge in [-0.3, -0.25) is 10.1 Å². The monoisotopic (exact) mass is 379 g/mol. The third kappa shape index (κ3) is 4.33. The molecule has 3 rings (SSSR count). The molecule has 2 N–H and O–H groups in total. The molecule has 0 spiro atoms. The highest BCUT2D eigenvalue weighted by Gasteiger charge is 2.30. The van der Waals surface area contributed by atoms with Crippen molar-refractivity contribution in [2.75, 3.05) is 33.4 Å². The normalized spacial score (nSPS) is 24.1. The van der Waals surface area contributed by atoms with Crippen LogP contribution in [0.3, 0.4) is 0 Å². The number of nitrogens with one attached hydrogen (secondary N) is 2. The second kappa shape index (κ2) is 8.15. The van der Waals surface area contributed by atoms with Gasteiger partial charge in [-0.05, 0) is 56.2 Å². The lowest BCUT2D eigenvalue weighted by Crippen LogP contribution is -2.42. The summed E-state index contributed by atoms with van der Waals surface area (Å²) in [6, 6.07) is 4.05. The van der Waals surface area contributed by atoms with Gasteiger partial charge in [0, 0.05) is 43.3 Å². The van der Waals surface area contributed by atoms with E-state index in [1.807, 2.05) is 17.9 Å². The van der Waals surface area contributed by atoms with Crippen molar-refractivity contribution in [3.63, 3.8) is 0 Å². The van der Waals surface area contributed by atoms with E-state index in [2.05, 4.69) is 23.6 Å². The molecular formula is C20H30ClN3O2. The van der Waals surface area contributed by atoms with Crippen molar-refractivity contribution in [1.29, 1.82) is 0 Å². The number of piperidine rings is 1. The summed E-state index contributed by atoms with van der Waals surface area (Å²) >= 11 is 6.23. The molecule has 26 heavy (non-hydrogen) atoms. The average Bonchev–Trinajstić information content (AvgIpc) is 3.08. The summed E-state index contributed by atoms with van der Waals surface area (Å²) in [5, 5.41) is 7.48. The number of aryl methyl sites for hydroxylation is 1. The molecule has 1 amide bonds. The topological polar surface area (TPSA) is 53.6 Å². The van der Waals surface area contributed by atoms with Crippen LogP contribution >= 0.6 is 11.6 Å². The van der Waals surface area contributed by atoms with E-state index in [1.165, 1.54) is 5.56 Å². The van der Waals surface area contributed by atoms with E-state index in [0.29, 0.717) is 12.3 Å². The number of amides is 1. The molecule has 0 bridgehead atoms. The Morgan fingerprint density at radius 1 is 1.38 bits per heavy atom. The van der Waals surface area contributed by atoms with E-state index in [1.54, 1.807) is 7.11 Å². The number of ether oxygens (including phenoxy) is 1. The van der Waals surface area contributed by atoms with E-state index in [0.717, 1.165) is 61.9 Å². The Bertz CT molecular complexity index is 651. The van der Waals surface area contributed by atoms with Gasteiger partial charge in [0.25, 0.3) is 0 Å². The maximum atomic E-state index is 12.6. The molecule has 6 heteroatoms. The van der Waals surface area contributed by atoms with E-state index in [-0.39, 0.29) is 11.4 Å². The molecule has 2 fully saturated rings. The zero-order chi connectivity index (χ0) is 18.7. The van der Waals surface area contributed by atoms with Gasteiger partial charge in [-0.25, -0.2) is 0 Å². The van der Waals surface area contributed by atoms with Crippen molar-refractivity contribution in [1.82, 2.24) is 15.5 Å². The summed E-state index contributed by atoms with van der Waals surface area (Å²) in [7, 11) is 1.69. The van der Waals surface area contributed by atoms with E-state index < -0.39 is 0 Å². The fraction of sp³-hybridized carbons (Fsp3) is 0.650. The summed E-state index contributed by atoms with van der Waals surface area (Å²) in [5.41, 5.74) is 2.34. The maximum Gasteiger partial charge on any atom is 0.222 e. The van der Waals surface area contributed by atoms with Gasteiger partial charge in [0.2, 0.25) is 5.91 Å². The lowest BCUT2D eigenvalue weighted by atomic mass is 9.87. The Morgan fingerprint density at radius 3 is 2.73 bits per heavy atom. The highest BCUT2D eigenvalue weighted by Crippen LogP contribution is 2.37. The molecule has 1 aromatic rings. The summed E-state index contributed by atoms with van der Waals surface area (Å²) < 4.78 is 5.54. The van der Waals surface area contributed by atoms with Gasteiger partial charge in [0.1, 0.15) is 5.75 Å². The molecule has 0 unspecified atom stereocenters. The zero-order valence-corrected chi connectivity index (χ0v) is 16.8. The Hall–Kier alpha value is -1.30. The lowest BCUT2D eigenvalue weighted by Gasteiger charge is -2.34. The van der Waals surface area contributed by atoms with Crippen LogP contribution < -0.4 is 15.4 Å². The fourth-order valence-electron chi connectivity index (χ4n) is 4.02. The largest absolute Gasteiger partial charge is 0.496 e. The van der Waals surface area contributed by atoms with Gasteiger partial charge in [-0.2, -0.15) is 0 Å². The molecule has 2 heterocycles. The van der Waals surface area contributed by atoms with Crippen LogP contribution in [0.2, 0.25) is 5.02 Å². The Balaban J connectivity index is 1.55. The Kier molecular flexibility index (Phi) is 6.10. The smallest absolute Gasteiger partial charge is 0.222 e. The lowest BCUT2D eigenvalue weighted by molar-refractivity contribution is -0.132. The Labute approximate surface area is 161 Å². The Morgan fingerprint density at radius 2 is 2.12 bits per heavy atom. The minimum absolute atomic E-state index is 0.0438. The third-order valence-corrected chi connectivity index (χ3v) is 6.25. The number of halogens is 1. The number of carbonyl (C=O) groups excluding carboxylic acids is 1. The minimum atomic E-state index is 0.0438. The first-order valence-electron chi connectivity index (χ1n) is 9.49. The van der Waals surface area contributed by atoms with E-state index >= 15 is 0 Å². The molecule has 144 valence electrons. The van der Waals surface area contributed by atoms with Gasteiger partial charge < -0.3 is 15.0 Å². The number of carbonyl (C=O) groups is 1. The summed E-state index contributed by atoms with van der Waals surface area (Å²) in [4.78, 5) is 14.6. The second-order valence-electron chi connectivity index (χ2n) is 7.84. The molecule has 2 aliphatic heterocycles. The molecule has 0 radical (unpaired) electrons. The molecular weight excluding hydrogens is 350 g/mol.